The molecule has 0 bridgehead atoms. The lowest BCUT2D eigenvalue weighted by Gasteiger charge is -2.32. The molecule has 22 heavy (non-hydrogen) atoms. The van der Waals surface area contributed by atoms with Crippen LogP contribution in [0.15, 0.2) is 12.3 Å². The predicted octanol–water partition coefficient (Wildman–Crippen LogP) is 3.40. The van der Waals surface area contributed by atoms with Crippen LogP contribution in [-0.4, -0.2) is 46.4 Å². The van der Waals surface area contributed by atoms with Crippen molar-refractivity contribution in [2.45, 2.75) is 70.0 Å². The summed E-state index contributed by atoms with van der Waals surface area (Å²) in [5, 5.41) is 0. The minimum absolute atomic E-state index is 0.449. The second-order valence-electron chi connectivity index (χ2n) is 7.19. The van der Waals surface area contributed by atoms with Gasteiger partial charge in [-0.15, -0.1) is 0 Å². The van der Waals surface area contributed by atoms with E-state index in [2.05, 4.69) is 34.9 Å². The Hall–Kier alpha value is -1.00. The van der Waals surface area contributed by atoms with Crippen LogP contribution >= 0.6 is 0 Å². The zero-order valence-electron chi connectivity index (χ0n) is 14.2. The van der Waals surface area contributed by atoms with Crippen LogP contribution in [0.2, 0.25) is 0 Å². The van der Waals surface area contributed by atoms with Gasteiger partial charge in [-0.25, -0.2) is 9.97 Å². The fourth-order valence-corrected chi connectivity index (χ4v) is 4.08. The van der Waals surface area contributed by atoms with E-state index in [9.17, 15) is 0 Å². The lowest BCUT2D eigenvalue weighted by atomic mass is 10.1. The average Bonchev–Trinajstić information content (AvgIpc) is 2.82. The topological polar surface area (TPSA) is 32.3 Å². The molecule has 0 amide bonds. The molecule has 1 atom stereocenters. The summed E-state index contributed by atoms with van der Waals surface area (Å²) < 4.78 is 0. The first-order chi connectivity index (χ1) is 10.7. The van der Waals surface area contributed by atoms with Crippen molar-refractivity contribution in [2.24, 2.45) is 0 Å². The molecule has 4 heteroatoms. The monoisotopic (exact) mass is 302 g/mol. The van der Waals surface area contributed by atoms with Crippen LogP contribution in [0.3, 0.4) is 0 Å². The van der Waals surface area contributed by atoms with E-state index in [1.54, 1.807) is 0 Å². The molecule has 1 aliphatic carbocycles. The normalized spacial score (nSPS) is 24.8. The Kier molecular flexibility index (Phi) is 5.42. The van der Waals surface area contributed by atoms with E-state index in [0.717, 1.165) is 24.1 Å². The molecule has 1 saturated carbocycles. The van der Waals surface area contributed by atoms with Crippen molar-refractivity contribution in [3.63, 3.8) is 0 Å². The maximum absolute atomic E-state index is 4.87. The number of aromatic nitrogens is 2. The smallest absolute Gasteiger partial charge is 0.145 e. The summed E-state index contributed by atoms with van der Waals surface area (Å²) in [5.41, 5.74) is 1.14. The Bertz CT molecular complexity index is 466. The molecule has 2 aliphatic rings. The third-order valence-corrected chi connectivity index (χ3v) is 5.10. The first-order valence-corrected chi connectivity index (χ1v) is 8.96. The Morgan fingerprint density at radius 3 is 2.59 bits per heavy atom. The van der Waals surface area contributed by atoms with Crippen molar-refractivity contribution in [3.8, 4) is 0 Å². The highest BCUT2D eigenvalue weighted by Crippen LogP contribution is 2.35. The molecule has 4 nitrogen and oxygen atoms in total. The third kappa shape index (κ3) is 3.85. The largest absolute Gasteiger partial charge is 0.304 e. The highest BCUT2D eigenvalue weighted by molar-refractivity contribution is 5.07. The second kappa shape index (κ2) is 7.51. The highest BCUT2D eigenvalue weighted by atomic mass is 15.2. The summed E-state index contributed by atoms with van der Waals surface area (Å²) >= 11 is 0. The van der Waals surface area contributed by atoms with E-state index in [4.69, 9.17) is 4.98 Å². The molecule has 0 aromatic carbocycles. The van der Waals surface area contributed by atoms with Gasteiger partial charge in [0.2, 0.25) is 0 Å². The van der Waals surface area contributed by atoms with Gasteiger partial charge < -0.3 is 4.90 Å². The van der Waals surface area contributed by atoms with Crippen LogP contribution in [-0.2, 0) is 6.54 Å². The van der Waals surface area contributed by atoms with Gasteiger partial charge >= 0.3 is 0 Å². The molecule has 3 rings (SSSR count). The summed E-state index contributed by atoms with van der Waals surface area (Å²) in [5.74, 6) is 1.06. The summed E-state index contributed by atoms with van der Waals surface area (Å²) in [6.07, 6.45) is 12.8. The van der Waals surface area contributed by atoms with Gasteiger partial charge in [0, 0.05) is 18.8 Å². The summed E-state index contributed by atoms with van der Waals surface area (Å²) in [6, 6.07) is 3.26. The van der Waals surface area contributed by atoms with Gasteiger partial charge in [0.25, 0.3) is 0 Å². The van der Waals surface area contributed by atoms with Crippen LogP contribution in [0.1, 0.15) is 68.9 Å². The summed E-state index contributed by atoms with van der Waals surface area (Å²) in [6.45, 7) is 2.13. The fourth-order valence-electron chi connectivity index (χ4n) is 4.08. The van der Waals surface area contributed by atoms with E-state index in [1.807, 2.05) is 6.20 Å². The SMILES string of the molecule is CN(C)Cc1ccnc(C2CCCN2C2CCCCCC2)n1. The van der Waals surface area contributed by atoms with E-state index in [-0.39, 0.29) is 0 Å². The summed E-state index contributed by atoms with van der Waals surface area (Å²) in [4.78, 5) is 14.4. The van der Waals surface area contributed by atoms with Crippen LogP contribution in [0, 0.1) is 0 Å². The third-order valence-electron chi connectivity index (χ3n) is 5.10. The minimum Gasteiger partial charge on any atom is -0.304 e. The molecule has 0 N–H and O–H groups in total. The van der Waals surface area contributed by atoms with Gasteiger partial charge in [-0.3, -0.25) is 4.90 Å². The minimum atomic E-state index is 0.449. The second-order valence-corrected chi connectivity index (χ2v) is 7.19. The van der Waals surface area contributed by atoms with Crippen molar-refractivity contribution >= 4 is 0 Å². The van der Waals surface area contributed by atoms with Gasteiger partial charge in [-0.1, -0.05) is 25.7 Å². The molecule has 1 aromatic rings. The number of hydrogen-bond acceptors (Lipinski definition) is 4. The van der Waals surface area contributed by atoms with E-state index < -0.39 is 0 Å². The molecule has 1 unspecified atom stereocenters. The zero-order valence-corrected chi connectivity index (χ0v) is 14.2. The number of hydrogen-bond donors (Lipinski definition) is 0. The van der Waals surface area contributed by atoms with Gasteiger partial charge in [0.05, 0.1) is 11.7 Å². The molecular weight excluding hydrogens is 272 g/mol. The van der Waals surface area contributed by atoms with Crippen molar-refractivity contribution in [1.82, 2.24) is 19.8 Å². The highest BCUT2D eigenvalue weighted by Gasteiger charge is 2.33. The molecule has 0 radical (unpaired) electrons. The van der Waals surface area contributed by atoms with E-state index >= 15 is 0 Å². The molecule has 0 spiro atoms. The lowest BCUT2D eigenvalue weighted by Crippen LogP contribution is -2.35. The van der Waals surface area contributed by atoms with Gasteiger partial charge in [-0.2, -0.15) is 0 Å². The standard InChI is InChI=1S/C18H30N4/c1-21(2)14-15-11-12-19-18(20-15)17-10-7-13-22(17)16-8-5-3-4-6-9-16/h11-12,16-17H,3-10,13-14H2,1-2H3. The fraction of sp³-hybridized carbons (Fsp3) is 0.778. The van der Waals surface area contributed by atoms with Crippen LogP contribution < -0.4 is 0 Å². The van der Waals surface area contributed by atoms with Crippen molar-refractivity contribution < 1.29 is 0 Å². The number of likely N-dealkylation sites (tertiary alicyclic amines) is 1. The first kappa shape index (κ1) is 15.9. The molecule has 1 saturated heterocycles. The number of rotatable bonds is 4. The predicted molar refractivity (Wildman–Crippen MR) is 89.6 cm³/mol. The van der Waals surface area contributed by atoms with Crippen LogP contribution in [0.25, 0.3) is 0 Å². The zero-order chi connectivity index (χ0) is 15.4. The van der Waals surface area contributed by atoms with Gasteiger partial charge in [0.15, 0.2) is 0 Å². The quantitative estimate of drug-likeness (QED) is 0.798. The Morgan fingerprint density at radius 1 is 1.09 bits per heavy atom. The Labute approximate surface area is 134 Å². The number of nitrogens with zero attached hydrogens (tertiary/aromatic N) is 4. The molecule has 2 fully saturated rings. The van der Waals surface area contributed by atoms with Crippen molar-refractivity contribution in [1.29, 1.82) is 0 Å². The van der Waals surface area contributed by atoms with Crippen LogP contribution in [0.4, 0.5) is 0 Å². The van der Waals surface area contributed by atoms with Gasteiger partial charge in [-0.05, 0) is 52.4 Å². The molecule has 122 valence electrons. The Balaban J connectivity index is 1.74. The first-order valence-electron chi connectivity index (χ1n) is 8.96. The van der Waals surface area contributed by atoms with E-state index in [1.165, 1.54) is 57.9 Å². The summed E-state index contributed by atoms with van der Waals surface area (Å²) in [7, 11) is 4.18. The average molecular weight is 302 g/mol. The van der Waals surface area contributed by atoms with Crippen molar-refractivity contribution in [3.05, 3.63) is 23.8 Å². The van der Waals surface area contributed by atoms with Crippen molar-refractivity contribution in [2.75, 3.05) is 20.6 Å². The molecule has 1 aliphatic heterocycles. The van der Waals surface area contributed by atoms with E-state index in [0.29, 0.717) is 6.04 Å². The molecular formula is C18H30N4. The lowest BCUT2D eigenvalue weighted by molar-refractivity contribution is 0.158. The molecule has 2 heterocycles. The van der Waals surface area contributed by atoms with Crippen LogP contribution in [0.5, 0.6) is 0 Å². The maximum Gasteiger partial charge on any atom is 0.145 e. The molecule has 1 aromatic heterocycles. The Morgan fingerprint density at radius 2 is 1.86 bits per heavy atom. The van der Waals surface area contributed by atoms with Gasteiger partial charge in [0.1, 0.15) is 5.82 Å². The maximum atomic E-state index is 4.87.